The van der Waals surface area contributed by atoms with Crippen molar-refractivity contribution >= 4 is 45.6 Å². The number of thiophene rings is 1. The van der Waals surface area contributed by atoms with Gasteiger partial charge in [0.1, 0.15) is 6.29 Å². The molecule has 0 amide bonds. The summed E-state index contributed by atoms with van der Waals surface area (Å²) in [5, 5.41) is 7.85. The zero-order valence-corrected chi connectivity index (χ0v) is 20.4. The number of ether oxygens (including phenoxy) is 1. The van der Waals surface area contributed by atoms with E-state index < -0.39 is 0 Å². The van der Waals surface area contributed by atoms with Crippen molar-refractivity contribution < 1.29 is 9.53 Å². The van der Waals surface area contributed by atoms with E-state index in [0.717, 1.165) is 73.3 Å². The van der Waals surface area contributed by atoms with Crippen molar-refractivity contribution in [3.05, 3.63) is 34.7 Å². The third-order valence-corrected chi connectivity index (χ3v) is 7.13. The van der Waals surface area contributed by atoms with E-state index in [0.29, 0.717) is 36.7 Å². The molecule has 4 rings (SSSR count). The molecule has 0 saturated carbocycles. The number of aldehydes is 1. The number of unbranched alkanes of at least 4 members (excludes halogenated alkanes) is 3. The Morgan fingerprint density at radius 1 is 1.24 bits per heavy atom. The number of morpholine rings is 1. The van der Waals surface area contributed by atoms with Gasteiger partial charge < -0.3 is 30.5 Å². The molecule has 1 fully saturated rings. The fourth-order valence-corrected chi connectivity index (χ4v) is 5.42. The van der Waals surface area contributed by atoms with Crippen molar-refractivity contribution in [3.8, 4) is 11.4 Å². The molecule has 180 valence electrons. The monoisotopic (exact) mass is 480 g/mol. The van der Waals surface area contributed by atoms with E-state index in [1.54, 1.807) is 17.4 Å². The van der Waals surface area contributed by atoms with Gasteiger partial charge in [-0.3, -0.25) is 0 Å². The van der Waals surface area contributed by atoms with Crippen LogP contribution < -0.4 is 10.6 Å². The lowest BCUT2D eigenvalue weighted by molar-refractivity contribution is -0.107. The number of hydrogen-bond acceptors (Lipinski definition) is 9. The predicted octanol–water partition coefficient (Wildman–Crippen LogP) is 3.97. The van der Waals surface area contributed by atoms with Gasteiger partial charge in [0.15, 0.2) is 11.6 Å². The lowest BCUT2D eigenvalue weighted by Crippen LogP contribution is -2.36. The molecule has 0 aliphatic carbocycles. The van der Waals surface area contributed by atoms with Gasteiger partial charge in [-0.1, -0.05) is 18.6 Å². The van der Waals surface area contributed by atoms with Gasteiger partial charge >= 0.3 is 0 Å². The average Bonchev–Trinajstić information content (AvgIpc) is 3.25. The van der Waals surface area contributed by atoms with Gasteiger partial charge in [0.2, 0.25) is 0 Å². The summed E-state index contributed by atoms with van der Waals surface area (Å²) in [4.78, 5) is 26.2. The average molecular weight is 481 g/mol. The molecule has 3 heterocycles. The van der Waals surface area contributed by atoms with Crippen LogP contribution in [0.5, 0.6) is 0 Å². The first-order chi connectivity index (χ1) is 16.6. The highest BCUT2D eigenvalue weighted by Crippen LogP contribution is 2.36. The molecule has 3 N–H and O–H groups in total. The molecule has 1 aliphatic rings. The molecule has 1 aromatic carbocycles. The van der Waals surface area contributed by atoms with Crippen molar-refractivity contribution in [2.45, 2.75) is 32.2 Å². The molecule has 0 spiro atoms. The number of hydrogen-bond donors (Lipinski definition) is 2. The van der Waals surface area contributed by atoms with Crippen LogP contribution in [-0.4, -0.2) is 67.3 Å². The summed E-state index contributed by atoms with van der Waals surface area (Å²) in [6.07, 6.45) is 6.04. The van der Waals surface area contributed by atoms with Gasteiger partial charge in [0.25, 0.3) is 0 Å². The minimum atomic E-state index is 0.546. The molecule has 34 heavy (non-hydrogen) atoms. The molecule has 0 radical (unpaired) electrons. The maximum Gasteiger partial charge on any atom is 0.162 e. The Bertz CT molecular complexity index is 1140. The Hall–Kier alpha value is -2.88. The van der Waals surface area contributed by atoms with Gasteiger partial charge in [-0.05, 0) is 38.6 Å². The van der Waals surface area contributed by atoms with Crippen molar-refractivity contribution in [2.75, 3.05) is 50.5 Å². The third-order valence-electron chi connectivity index (χ3n) is 6.03. The molecule has 3 aromatic rings. The predicted molar refractivity (Wildman–Crippen MR) is 139 cm³/mol. The van der Waals surface area contributed by atoms with Crippen LogP contribution in [0.3, 0.4) is 0 Å². The van der Waals surface area contributed by atoms with E-state index in [4.69, 9.17) is 25.8 Å². The fourth-order valence-electron chi connectivity index (χ4n) is 4.22. The second kappa shape index (κ2) is 11.5. The zero-order chi connectivity index (χ0) is 23.9. The third kappa shape index (κ3) is 5.60. The van der Waals surface area contributed by atoms with Crippen LogP contribution >= 0.6 is 11.3 Å². The number of nitrogens with zero attached hydrogens (tertiary/aromatic N) is 4. The van der Waals surface area contributed by atoms with Crippen molar-refractivity contribution in [1.29, 1.82) is 5.41 Å². The van der Waals surface area contributed by atoms with E-state index in [2.05, 4.69) is 22.9 Å². The molecule has 2 aromatic heterocycles. The second-order valence-electron chi connectivity index (χ2n) is 8.60. The van der Waals surface area contributed by atoms with Crippen LogP contribution in [0, 0.1) is 5.41 Å². The number of fused-ring (bicyclic) bond motifs is 1. The highest BCUT2D eigenvalue weighted by molar-refractivity contribution is 7.19. The Labute approximate surface area is 204 Å². The summed E-state index contributed by atoms with van der Waals surface area (Å²) >= 11 is 1.75. The number of anilines is 2. The van der Waals surface area contributed by atoms with Gasteiger partial charge in [-0.15, -0.1) is 11.3 Å². The van der Waals surface area contributed by atoms with Crippen LogP contribution in [0.1, 0.15) is 36.1 Å². The number of rotatable bonds is 11. The zero-order valence-electron chi connectivity index (χ0n) is 19.6. The number of aromatic nitrogens is 2. The first-order valence-corrected chi connectivity index (χ1v) is 12.6. The quantitative estimate of drug-likeness (QED) is 0.185. The minimum Gasteiger partial charge on any atom is -0.398 e. The summed E-state index contributed by atoms with van der Waals surface area (Å²) in [7, 11) is 2.13. The van der Waals surface area contributed by atoms with E-state index in [9.17, 15) is 4.79 Å². The van der Waals surface area contributed by atoms with Crippen LogP contribution in [0.2, 0.25) is 0 Å². The molecular weight excluding hydrogens is 448 g/mol. The van der Waals surface area contributed by atoms with Crippen molar-refractivity contribution in [3.63, 3.8) is 0 Å². The Kier molecular flexibility index (Phi) is 8.21. The maximum atomic E-state index is 10.5. The lowest BCUT2D eigenvalue weighted by atomic mass is 10.1. The summed E-state index contributed by atoms with van der Waals surface area (Å²) in [6.45, 7) is 4.76. The molecule has 0 atom stereocenters. The smallest absolute Gasteiger partial charge is 0.162 e. The molecule has 0 unspecified atom stereocenters. The topological polar surface area (TPSA) is 108 Å². The van der Waals surface area contributed by atoms with Crippen LogP contribution in [0.4, 0.5) is 11.5 Å². The number of nitrogen functional groups attached to an aromatic ring is 1. The first-order valence-electron chi connectivity index (χ1n) is 11.8. The first kappa shape index (κ1) is 24.3. The van der Waals surface area contributed by atoms with Crippen LogP contribution in [-0.2, 0) is 16.1 Å². The van der Waals surface area contributed by atoms with E-state index in [-0.39, 0.29) is 0 Å². The number of nitrogens with two attached hydrogens (primary N) is 1. The molecule has 1 aliphatic heterocycles. The Balaban J connectivity index is 1.65. The summed E-state index contributed by atoms with van der Waals surface area (Å²) in [5.74, 6) is 1.52. The van der Waals surface area contributed by atoms with Crippen molar-refractivity contribution in [2.24, 2.45) is 0 Å². The fraction of sp³-hybridized carbons (Fsp3) is 0.440. The molecule has 0 bridgehead atoms. The highest BCUT2D eigenvalue weighted by atomic mass is 32.1. The van der Waals surface area contributed by atoms with E-state index in [1.165, 1.54) is 11.1 Å². The number of benzene rings is 1. The summed E-state index contributed by atoms with van der Waals surface area (Å²) < 4.78 is 6.65. The molecule has 9 heteroatoms. The standard InChI is InChI=1S/C25H32N6O2S/c1-30(9-4-2-3-5-12-32)17-18-15-22-23(34-18)25(31-10-13-33-14-11-31)29-24(28-22)19-7-6-8-21(27)20(19)16-26/h6-8,12,15-16,26H,2-5,9-11,13-14,17,27H2,1H3. The SMILES string of the molecule is CN(CCCCCC=O)Cc1cc2nc(-c3cccc(N)c3C=N)nc(N3CCOCC3)c2s1. The van der Waals surface area contributed by atoms with Gasteiger partial charge in [-0.25, -0.2) is 9.97 Å². The van der Waals surface area contributed by atoms with Crippen molar-refractivity contribution in [1.82, 2.24) is 14.9 Å². The van der Waals surface area contributed by atoms with Gasteiger partial charge in [0.05, 0.1) is 23.4 Å². The second-order valence-corrected chi connectivity index (χ2v) is 9.74. The van der Waals surface area contributed by atoms with E-state index in [1.807, 2.05) is 12.1 Å². The normalized spacial score (nSPS) is 14.1. The molecule has 1 saturated heterocycles. The lowest BCUT2D eigenvalue weighted by Gasteiger charge is -2.28. The highest BCUT2D eigenvalue weighted by Gasteiger charge is 2.21. The van der Waals surface area contributed by atoms with E-state index >= 15 is 0 Å². The number of carbonyl (C=O) groups is 1. The Morgan fingerprint density at radius 3 is 2.82 bits per heavy atom. The molecule has 8 nitrogen and oxygen atoms in total. The minimum absolute atomic E-state index is 0.546. The van der Waals surface area contributed by atoms with Gasteiger partial charge in [0, 0.05) is 54.0 Å². The largest absolute Gasteiger partial charge is 0.398 e. The summed E-state index contributed by atoms with van der Waals surface area (Å²) in [5.41, 5.74) is 9.01. The molecular formula is C25H32N6O2S. The maximum absolute atomic E-state index is 10.5. The summed E-state index contributed by atoms with van der Waals surface area (Å²) in [6, 6.07) is 7.76. The number of nitrogens with one attached hydrogen (secondary N) is 1. The number of carbonyl (C=O) groups excluding carboxylic acids is 1. The van der Waals surface area contributed by atoms with Gasteiger partial charge in [-0.2, -0.15) is 0 Å². The van der Waals surface area contributed by atoms with Crippen LogP contribution in [0.15, 0.2) is 24.3 Å². The van der Waals surface area contributed by atoms with Crippen LogP contribution in [0.25, 0.3) is 21.6 Å². The Morgan fingerprint density at radius 2 is 2.06 bits per heavy atom.